The summed E-state index contributed by atoms with van der Waals surface area (Å²) in [4.78, 5) is 16.9. The van der Waals surface area contributed by atoms with E-state index in [2.05, 4.69) is 37.6 Å². The predicted octanol–water partition coefficient (Wildman–Crippen LogP) is 2.28. The van der Waals surface area contributed by atoms with E-state index in [1.54, 1.807) is 6.07 Å². The molecule has 5 heteroatoms. The monoisotopic (exact) mass is 266 g/mol. The maximum atomic E-state index is 10.8. The van der Waals surface area contributed by atoms with Crippen LogP contribution in [-0.4, -0.2) is 46.2 Å². The zero-order chi connectivity index (χ0) is 14.4. The normalized spacial score (nSPS) is 11.3. The van der Waals surface area contributed by atoms with E-state index in [-0.39, 0.29) is 5.69 Å². The quantitative estimate of drug-likeness (QED) is 0.820. The highest BCUT2D eigenvalue weighted by atomic mass is 16.5. The average molecular weight is 266 g/mol. The van der Waals surface area contributed by atoms with Gasteiger partial charge in [-0.3, -0.25) is 4.90 Å². The first kappa shape index (κ1) is 15.4. The van der Waals surface area contributed by atoms with Gasteiger partial charge in [0.1, 0.15) is 12.4 Å². The first-order valence-electron chi connectivity index (χ1n) is 6.49. The van der Waals surface area contributed by atoms with Gasteiger partial charge in [-0.2, -0.15) is 0 Å². The highest BCUT2D eigenvalue weighted by molar-refractivity contribution is 5.85. The Balaban J connectivity index is 2.53. The Labute approximate surface area is 114 Å². The summed E-state index contributed by atoms with van der Waals surface area (Å²) in [6.07, 6.45) is 1.45. The van der Waals surface area contributed by atoms with Crippen LogP contribution in [0.2, 0.25) is 0 Å². The number of nitrogens with zero attached hydrogens (tertiary/aromatic N) is 2. The second kappa shape index (κ2) is 7.09. The Bertz CT molecular complexity index is 411. The number of hydrogen-bond acceptors (Lipinski definition) is 4. The average Bonchev–Trinajstić information content (AvgIpc) is 2.34. The molecule has 1 aromatic rings. The van der Waals surface area contributed by atoms with Gasteiger partial charge in [0.15, 0.2) is 5.69 Å². The lowest BCUT2D eigenvalue weighted by Crippen LogP contribution is -2.39. The van der Waals surface area contributed by atoms with Crippen molar-refractivity contribution in [3.8, 4) is 5.75 Å². The van der Waals surface area contributed by atoms with Crippen LogP contribution in [0.4, 0.5) is 0 Å². The topological polar surface area (TPSA) is 62.7 Å². The Kier molecular flexibility index (Phi) is 5.76. The molecular formula is C14H22N2O3. The minimum absolute atomic E-state index is 0.00192. The lowest BCUT2D eigenvalue weighted by atomic mass is 10.2. The SMILES string of the molecule is CC(C)N(CCOc1ccnc(C(=O)O)c1)C(C)C. The smallest absolute Gasteiger partial charge is 0.354 e. The number of carbonyl (C=O) groups is 1. The number of aromatic carboxylic acids is 1. The molecule has 0 amide bonds. The molecule has 0 spiro atoms. The minimum atomic E-state index is -1.04. The number of ether oxygens (including phenoxy) is 1. The molecule has 0 fully saturated rings. The maximum absolute atomic E-state index is 10.8. The van der Waals surface area contributed by atoms with Crippen molar-refractivity contribution < 1.29 is 14.6 Å². The molecule has 0 saturated carbocycles. The molecule has 1 aromatic heterocycles. The predicted molar refractivity (Wildman–Crippen MR) is 73.7 cm³/mol. The molecular weight excluding hydrogens is 244 g/mol. The van der Waals surface area contributed by atoms with Crippen LogP contribution in [0.3, 0.4) is 0 Å². The van der Waals surface area contributed by atoms with Gasteiger partial charge in [-0.25, -0.2) is 9.78 Å². The van der Waals surface area contributed by atoms with Gasteiger partial charge in [0.2, 0.25) is 0 Å². The highest BCUT2D eigenvalue weighted by Gasteiger charge is 2.13. The lowest BCUT2D eigenvalue weighted by molar-refractivity contribution is 0.0689. The van der Waals surface area contributed by atoms with Crippen molar-refractivity contribution in [3.05, 3.63) is 24.0 Å². The van der Waals surface area contributed by atoms with Crippen molar-refractivity contribution in [1.29, 1.82) is 0 Å². The third-order valence-corrected chi connectivity index (χ3v) is 2.90. The number of hydrogen-bond donors (Lipinski definition) is 1. The molecule has 0 radical (unpaired) electrons. The molecule has 0 bridgehead atoms. The molecule has 0 saturated heterocycles. The first-order chi connectivity index (χ1) is 8.91. The van der Waals surface area contributed by atoms with Gasteiger partial charge < -0.3 is 9.84 Å². The summed E-state index contributed by atoms with van der Waals surface area (Å²) in [6.45, 7) is 9.92. The minimum Gasteiger partial charge on any atom is -0.492 e. The van der Waals surface area contributed by atoms with E-state index in [0.717, 1.165) is 6.54 Å². The molecule has 106 valence electrons. The van der Waals surface area contributed by atoms with E-state index in [1.165, 1.54) is 12.3 Å². The van der Waals surface area contributed by atoms with Gasteiger partial charge in [0, 0.05) is 30.9 Å². The fourth-order valence-corrected chi connectivity index (χ4v) is 2.00. The number of carboxylic acids is 1. The fraction of sp³-hybridized carbons (Fsp3) is 0.571. The third kappa shape index (κ3) is 4.87. The van der Waals surface area contributed by atoms with Gasteiger partial charge in [0.05, 0.1) is 0 Å². The van der Waals surface area contributed by atoms with Crippen molar-refractivity contribution >= 4 is 5.97 Å². The van der Waals surface area contributed by atoms with Crippen LogP contribution in [0.1, 0.15) is 38.2 Å². The van der Waals surface area contributed by atoms with Crippen LogP contribution in [0.15, 0.2) is 18.3 Å². The molecule has 0 aliphatic heterocycles. The van der Waals surface area contributed by atoms with Gasteiger partial charge in [-0.15, -0.1) is 0 Å². The molecule has 0 aliphatic rings. The number of aromatic nitrogens is 1. The molecule has 1 rings (SSSR count). The van der Waals surface area contributed by atoms with E-state index in [0.29, 0.717) is 24.4 Å². The number of carboxylic acid groups (broad SMARTS) is 1. The molecule has 0 atom stereocenters. The van der Waals surface area contributed by atoms with Gasteiger partial charge in [-0.1, -0.05) is 0 Å². The molecule has 19 heavy (non-hydrogen) atoms. The van der Waals surface area contributed by atoms with E-state index in [4.69, 9.17) is 9.84 Å². The van der Waals surface area contributed by atoms with E-state index in [9.17, 15) is 4.79 Å². The van der Waals surface area contributed by atoms with Crippen molar-refractivity contribution in [2.75, 3.05) is 13.2 Å². The largest absolute Gasteiger partial charge is 0.492 e. The second-order valence-electron chi connectivity index (χ2n) is 4.96. The standard InChI is InChI=1S/C14H22N2O3/c1-10(2)16(11(3)4)7-8-19-12-5-6-15-13(9-12)14(17)18/h5-6,9-11H,7-8H2,1-4H3,(H,17,18). The Morgan fingerprint density at radius 2 is 2.00 bits per heavy atom. The summed E-state index contributed by atoms with van der Waals surface area (Å²) in [5.41, 5.74) is 0.00192. The summed E-state index contributed by atoms with van der Waals surface area (Å²) in [6, 6.07) is 4.02. The van der Waals surface area contributed by atoms with Crippen LogP contribution in [-0.2, 0) is 0 Å². The number of pyridine rings is 1. The fourth-order valence-electron chi connectivity index (χ4n) is 2.00. The van der Waals surface area contributed by atoms with Crippen molar-refractivity contribution in [3.63, 3.8) is 0 Å². The van der Waals surface area contributed by atoms with E-state index < -0.39 is 5.97 Å². The molecule has 0 unspecified atom stereocenters. The van der Waals surface area contributed by atoms with Crippen LogP contribution in [0, 0.1) is 0 Å². The van der Waals surface area contributed by atoms with Crippen molar-refractivity contribution in [2.24, 2.45) is 0 Å². The molecule has 0 aliphatic carbocycles. The zero-order valence-electron chi connectivity index (χ0n) is 12.0. The van der Waals surface area contributed by atoms with Gasteiger partial charge in [0.25, 0.3) is 0 Å². The molecule has 1 N–H and O–H groups in total. The lowest BCUT2D eigenvalue weighted by Gasteiger charge is -2.30. The Morgan fingerprint density at radius 1 is 1.37 bits per heavy atom. The Hall–Kier alpha value is -1.62. The van der Waals surface area contributed by atoms with Crippen LogP contribution >= 0.6 is 0 Å². The van der Waals surface area contributed by atoms with Crippen LogP contribution in [0.25, 0.3) is 0 Å². The zero-order valence-corrected chi connectivity index (χ0v) is 12.0. The summed E-state index contributed by atoms with van der Waals surface area (Å²) in [5.74, 6) is -0.503. The summed E-state index contributed by atoms with van der Waals surface area (Å²) in [7, 11) is 0. The summed E-state index contributed by atoms with van der Waals surface area (Å²) >= 11 is 0. The van der Waals surface area contributed by atoms with Crippen LogP contribution in [0.5, 0.6) is 5.75 Å². The third-order valence-electron chi connectivity index (χ3n) is 2.90. The summed E-state index contributed by atoms with van der Waals surface area (Å²) in [5, 5.41) is 8.84. The highest BCUT2D eigenvalue weighted by Crippen LogP contribution is 2.11. The van der Waals surface area contributed by atoms with E-state index >= 15 is 0 Å². The van der Waals surface area contributed by atoms with Crippen molar-refractivity contribution in [2.45, 2.75) is 39.8 Å². The molecule has 5 nitrogen and oxygen atoms in total. The van der Waals surface area contributed by atoms with E-state index in [1.807, 2.05) is 0 Å². The van der Waals surface area contributed by atoms with Gasteiger partial charge in [-0.05, 0) is 33.8 Å². The van der Waals surface area contributed by atoms with Crippen LogP contribution < -0.4 is 4.74 Å². The number of rotatable bonds is 7. The summed E-state index contributed by atoms with van der Waals surface area (Å²) < 4.78 is 5.58. The first-order valence-corrected chi connectivity index (χ1v) is 6.49. The second-order valence-corrected chi connectivity index (χ2v) is 4.96. The Morgan fingerprint density at radius 3 is 2.53 bits per heavy atom. The maximum Gasteiger partial charge on any atom is 0.354 e. The molecule has 0 aromatic carbocycles. The molecule has 1 heterocycles. The van der Waals surface area contributed by atoms with Gasteiger partial charge >= 0.3 is 5.97 Å². The van der Waals surface area contributed by atoms with Crippen molar-refractivity contribution in [1.82, 2.24) is 9.88 Å².